The molecule has 0 aromatic carbocycles. The first-order chi connectivity index (χ1) is 10.6. The van der Waals surface area contributed by atoms with Gasteiger partial charge in [-0.05, 0) is 62.7 Å². The standard InChI is InChI=1S/C15H22F3NO3S/c1-2-3-19(23(21,22)15(16,17)18)13(20)14-7-10-4-11(8-14)6-12(5-10)9-14/h10-12H,2-9H2,1H3. The highest BCUT2D eigenvalue weighted by Crippen LogP contribution is 2.60. The third kappa shape index (κ3) is 2.66. The molecule has 4 saturated carbocycles. The number of carbonyl (C=O) groups excluding carboxylic acids is 1. The lowest BCUT2D eigenvalue weighted by Crippen LogP contribution is -2.57. The molecule has 0 heterocycles. The van der Waals surface area contributed by atoms with E-state index in [2.05, 4.69) is 0 Å². The summed E-state index contributed by atoms with van der Waals surface area (Å²) in [6.07, 6.45) is 4.92. The smallest absolute Gasteiger partial charge is 0.273 e. The Bertz CT molecular complexity index is 564. The molecule has 0 spiro atoms. The summed E-state index contributed by atoms with van der Waals surface area (Å²) in [6.45, 7) is 1.17. The second-order valence-corrected chi connectivity index (χ2v) is 9.38. The number of carbonyl (C=O) groups is 1. The molecule has 8 heteroatoms. The maximum Gasteiger partial charge on any atom is 0.516 e. The van der Waals surface area contributed by atoms with Gasteiger partial charge < -0.3 is 0 Å². The van der Waals surface area contributed by atoms with Gasteiger partial charge in [-0.25, -0.2) is 4.31 Å². The van der Waals surface area contributed by atoms with Crippen LogP contribution in [-0.4, -0.2) is 30.7 Å². The van der Waals surface area contributed by atoms with Crippen LogP contribution < -0.4 is 0 Å². The van der Waals surface area contributed by atoms with Crippen molar-refractivity contribution < 1.29 is 26.4 Å². The molecule has 4 nitrogen and oxygen atoms in total. The van der Waals surface area contributed by atoms with Gasteiger partial charge in [0.15, 0.2) is 0 Å². The van der Waals surface area contributed by atoms with Crippen molar-refractivity contribution in [1.82, 2.24) is 4.31 Å². The Morgan fingerprint density at radius 1 is 1.09 bits per heavy atom. The van der Waals surface area contributed by atoms with Crippen molar-refractivity contribution in [2.45, 2.75) is 57.4 Å². The van der Waals surface area contributed by atoms with Gasteiger partial charge in [-0.3, -0.25) is 4.79 Å². The van der Waals surface area contributed by atoms with Crippen LogP contribution >= 0.6 is 0 Å². The van der Waals surface area contributed by atoms with E-state index in [0.29, 0.717) is 37.0 Å². The first kappa shape index (κ1) is 17.0. The molecule has 4 aliphatic carbocycles. The number of amides is 1. The number of sulfonamides is 1. The Labute approximate surface area is 134 Å². The van der Waals surface area contributed by atoms with E-state index in [1.807, 2.05) is 0 Å². The number of hydrogen-bond acceptors (Lipinski definition) is 3. The van der Waals surface area contributed by atoms with Crippen molar-refractivity contribution in [3.05, 3.63) is 0 Å². The number of rotatable bonds is 4. The maximum absolute atomic E-state index is 13.0. The average molecular weight is 353 g/mol. The van der Waals surface area contributed by atoms with Crippen LogP contribution in [-0.2, 0) is 14.8 Å². The Morgan fingerprint density at radius 3 is 1.87 bits per heavy atom. The van der Waals surface area contributed by atoms with E-state index in [1.165, 1.54) is 0 Å². The van der Waals surface area contributed by atoms with Gasteiger partial charge in [0.1, 0.15) is 0 Å². The molecule has 23 heavy (non-hydrogen) atoms. The molecule has 0 aliphatic heterocycles. The monoisotopic (exact) mass is 353 g/mol. The topological polar surface area (TPSA) is 54.5 Å². The maximum atomic E-state index is 13.0. The highest BCUT2D eigenvalue weighted by atomic mass is 32.2. The average Bonchev–Trinajstić information content (AvgIpc) is 2.41. The summed E-state index contributed by atoms with van der Waals surface area (Å²) < 4.78 is 62.7. The predicted molar refractivity (Wildman–Crippen MR) is 77.6 cm³/mol. The Morgan fingerprint density at radius 2 is 1.52 bits per heavy atom. The van der Waals surface area contributed by atoms with Gasteiger partial charge in [-0.2, -0.15) is 21.6 Å². The highest BCUT2D eigenvalue weighted by Gasteiger charge is 2.59. The summed E-state index contributed by atoms with van der Waals surface area (Å²) in [7, 11) is -5.61. The molecule has 4 bridgehead atoms. The van der Waals surface area contributed by atoms with E-state index in [4.69, 9.17) is 0 Å². The lowest BCUT2D eigenvalue weighted by Gasteiger charge is -2.56. The quantitative estimate of drug-likeness (QED) is 0.779. The molecule has 0 unspecified atom stereocenters. The molecule has 0 radical (unpaired) electrons. The van der Waals surface area contributed by atoms with Crippen LogP contribution in [0.2, 0.25) is 0 Å². The van der Waals surface area contributed by atoms with Crippen LogP contribution in [0.5, 0.6) is 0 Å². The fourth-order valence-corrected chi connectivity index (χ4v) is 6.38. The van der Waals surface area contributed by atoms with E-state index < -0.39 is 33.4 Å². The van der Waals surface area contributed by atoms with Gasteiger partial charge >= 0.3 is 15.5 Å². The van der Waals surface area contributed by atoms with Crippen LogP contribution in [0.1, 0.15) is 51.9 Å². The zero-order chi connectivity index (χ0) is 17.0. The Balaban J connectivity index is 1.93. The van der Waals surface area contributed by atoms with E-state index in [0.717, 1.165) is 19.3 Å². The van der Waals surface area contributed by atoms with Crippen LogP contribution in [0, 0.1) is 23.2 Å². The molecule has 0 N–H and O–H groups in total. The van der Waals surface area contributed by atoms with E-state index in [-0.39, 0.29) is 10.7 Å². The van der Waals surface area contributed by atoms with Gasteiger partial charge in [0.05, 0.1) is 5.41 Å². The Hall–Kier alpha value is -0.790. The fourth-order valence-electron chi connectivity index (χ4n) is 5.30. The third-order valence-corrected chi connectivity index (χ3v) is 7.24. The molecule has 132 valence electrons. The minimum absolute atomic E-state index is 0.125. The summed E-state index contributed by atoms with van der Waals surface area (Å²) in [5.74, 6) is 0.280. The lowest BCUT2D eigenvalue weighted by molar-refractivity contribution is -0.153. The highest BCUT2D eigenvalue weighted by molar-refractivity contribution is 7.90. The number of nitrogens with zero attached hydrogens (tertiary/aromatic N) is 1. The van der Waals surface area contributed by atoms with Crippen LogP contribution in [0.3, 0.4) is 0 Å². The van der Waals surface area contributed by atoms with Gasteiger partial charge in [0, 0.05) is 6.54 Å². The van der Waals surface area contributed by atoms with Crippen molar-refractivity contribution in [2.24, 2.45) is 23.2 Å². The van der Waals surface area contributed by atoms with Crippen molar-refractivity contribution in [3.63, 3.8) is 0 Å². The minimum Gasteiger partial charge on any atom is -0.273 e. The minimum atomic E-state index is -5.61. The molecule has 4 fully saturated rings. The van der Waals surface area contributed by atoms with Gasteiger partial charge in [-0.1, -0.05) is 6.92 Å². The lowest BCUT2D eigenvalue weighted by atomic mass is 9.49. The van der Waals surface area contributed by atoms with Gasteiger partial charge in [-0.15, -0.1) is 0 Å². The SMILES string of the molecule is CCCN(C(=O)C12CC3CC(CC(C3)C1)C2)S(=O)(=O)C(F)(F)F. The van der Waals surface area contributed by atoms with Crippen LogP contribution in [0.15, 0.2) is 0 Å². The van der Waals surface area contributed by atoms with Crippen LogP contribution in [0.25, 0.3) is 0 Å². The van der Waals surface area contributed by atoms with Crippen molar-refractivity contribution in [2.75, 3.05) is 6.54 Å². The number of alkyl halides is 3. The summed E-state index contributed by atoms with van der Waals surface area (Å²) >= 11 is 0. The van der Waals surface area contributed by atoms with Crippen molar-refractivity contribution in [1.29, 1.82) is 0 Å². The molecule has 0 saturated heterocycles. The number of halogens is 3. The molecular weight excluding hydrogens is 331 g/mol. The first-order valence-electron chi connectivity index (χ1n) is 8.22. The van der Waals surface area contributed by atoms with E-state index in [1.54, 1.807) is 6.92 Å². The normalized spacial score (nSPS) is 36.3. The Kier molecular flexibility index (Phi) is 3.97. The summed E-state index contributed by atoms with van der Waals surface area (Å²) in [5.41, 5.74) is -6.32. The third-order valence-electron chi connectivity index (χ3n) is 5.73. The molecule has 1 amide bonds. The zero-order valence-electron chi connectivity index (χ0n) is 13.1. The summed E-state index contributed by atoms with van der Waals surface area (Å²) in [6, 6.07) is 0. The van der Waals surface area contributed by atoms with Crippen LogP contribution in [0.4, 0.5) is 13.2 Å². The van der Waals surface area contributed by atoms with E-state index >= 15 is 0 Å². The molecular formula is C15H22F3NO3S. The fraction of sp³-hybridized carbons (Fsp3) is 0.933. The second kappa shape index (κ2) is 5.36. The van der Waals surface area contributed by atoms with Crippen molar-refractivity contribution in [3.8, 4) is 0 Å². The molecule has 0 aromatic heterocycles. The summed E-state index contributed by atoms with van der Waals surface area (Å²) in [5, 5.41) is 0. The molecule has 0 aromatic rings. The van der Waals surface area contributed by atoms with Crippen molar-refractivity contribution >= 4 is 15.9 Å². The molecule has 0 atom stereocenters. The predicted octanol–water partition coefficient (Wildman–Crippen LogP) is 3.29. The molecule has 4 aliphatic rings. The van der Waals surface area contributed by atoms with Gasteiger partial charge in [0.25, 0.3) is 0 Å². The second-order valence-electron chi connectivity index (χ2n) is 7.53. The van der Waals surface area contributed by atoms with E-state index in [9.17, 15) is 26.4 Å². The zero-order valence-corrected chi connectivity index (χ0v) is 13.9. The summed E-state index contributed by atoms with van der Waals surface area (Å²) in [4.78, 5) is 12.9. The molecule has 4 rings (SSSR count). The largest absolute Gasteiger partial charge is 0.516 e. The number of hydrogen-bond donors (Lipinski definition) is 0. The van der Waals surface area contributed by atoms with Gasteiger partial charge in [0.2, 0.25) is 5.91 Å². The first-order valence-corrected chi connectivity index (χ1v) is 9.66.